The summed E-state index contributed by atoms with van der Waals surface area (Å²) in [7, 11) is -3.43. The summed E-state index contributed by atoms with van der Waals surface area (Å²) >= 11 is 0. The van der Waals surface area contributed by atoms with Gasteiger partial charge in [-0.05, 0) is 45.7 Å². The highest BCUT2D eigenvalue weighted by Crippen LogP contribution is 2.32. The van der Waals surface area contributed by atoms with E-state index in [1.165, 1.54) is 6.92 Å². The van der Waals surface area contributed by atoms with Gasteiger partial charge >= 0.3 is 0 Å². The quantitative estimate of drug-likeness (QED) is 0.245. The highest BCUT2D eigenvalue weighted by Gasteiger charge is 2.27. The standard InChI is InChI=1S/C26H40N6O5S/c1-6-36-16-22-30-23-24(32(22)17-26(3,4)31-38(5,34)35)20-12-11-19(15-21(20)29-25(23)27)37-14-10-8-7-9-13-28-18(2)33/h11-12,15,31H,6-10,13-14,16-17H2,1-5H3,(H2,27,29)(H,28,33). The first kappa shape index (κ1) is 29.6. The minimum absolute atomic E-state index is 0.000917. The molecule has 0 saturated carbocycles. The molecule has 0 aliphatic rings. The Morgan fingerprint density at radius 3 is 2.58 bits per heavy atom. The van der Waals surface area contributed by atoms with Gasteiger partial charge in [-0.25, -0.2) is 23.1 Å². The number of nitrogens with zero attached hydrogens (tertiary/aromatic N) is 3. The molecule has 38 heavy (non-hydrogen) atoms. The summed E-state index contributed by atoms with van der Waals surface area (Å²) in [5, 5.41) is 3.64. The molecular weight excluding hydrogens is 508 g/mol. The van der Waals surface area contributed by atoms with Crippen molar-refractivity contribution in [1.29, 1.82) is 0 Å². The fourth-order valence-electron chi connectivity index (χ4n) is 4.47. The molecule has 0 unspecified atom stereocenters. The van der Waals surface area contributed by atoms with Crippen LogP contribution in [-0.4, -0.2) is 60.4 Å². The number of rotatable bonds is 15. The maximum absolute atomic E-state index is 12.0. The van der Waals surface area contributed by atoms with Gasteiger partial charge in [-0.1, -0.05) is 12.8 Å². The van der Waals surface area contributed by atoms with Gasteiger partial charge in [0, 0.05) is 43.6 Å². The zero-order valence-electron chi connectivity index (χ0n) is 23.0. The number of ether oxygens (including phenoxy) is 2. The highest BCUT2D eigenvalue weighted by atomic mass is 32.2. The van der Waals surface area contributed by atoms with Crippen LogP contribution in [0.25, 0.3) is 21.9 Å². The number of imidazole rings is 1. The molecule has 4 N–H and O–H groups in total. The maximum atomic E-state index is 12.0. The van der Waals surface area contributed by atoms with E-state index in [0.717, 1.165) is 42.8 Å². The van der Waals surface area contributed by atoms with Gasteiger partial charge in [0.2, 0.25) is 15.9 Å². The van der Waals surface area contributed by atoms with E-state index in [4.69, 9.17) is 20.2 Å². The van der Waals surface area contributed by atoms with E-state index in [2.05, 4.69) is 15.0 Å². The number of nitrogen functional groups attached to an aromatic ring is 1. The van der Waals surface area contributed by atoms with E-state index >= 15 is 0 Å². The van der Waals surface area contributed by atoms with Gasteiger partial charge in [0.05, 0.1) is 23.9 Å². The molecule has 3 aromatic rings. The smallest absolute Gasteiger partial charge is 0.216 e. The van der Waals surface area contributed by atoms with Crippen molar-refractivity contribution in [2.75, 3.05) is 31.7 Å². The summed E-state index contributed by atoms with van der Waals surface area (Å²) in [5.74, 6) is 1.62. The molecule has 0 fully saturated rings. The molecule has 0 spiro atoms. The van der Waals surface area contributed by atoms with Crippen LogP contribution in [0.5, 0.6) is 5.75 Å². The number of anilines is 1. The monoisotopic (exact) mass is 548 g/mol. The van der Waals surface area contributed by atoms with Gasteiger partial charge in [-0.15, -0.1) is 0 Å². The molecule has 2 heterocycles. The molecular formula is C26H40N6O5S. The lowest BCUT2D eigenvalue weighted by Crippen LogP contribution is -2.46. The second-order valence-electron chi connectivity index (χ2n) is 10.1. The van der Waals surface area contributed by atoms with Crippen LogP contribution in [0.1, 0.15) is 59.2 Å². The minimum atomic E-state index is -3.43. The molecule has 0 atom stereocenters. The third-order valence-corrected chi connectivity index (χ3v) is 6.84. The van der Waals surface area contributed by atoms with Crippen molar-refractivity contribution >= 4 is 43.7 Å². The van der Waals surface area contributed by atoms with E-state index in [1.807, 2.05) is 43.5 Å². The molecule has 0 aliphatic heterocycles. The Morgan fingerprint density at radius 2 is 1.89 bits per heavy atom. The normalized spacial score (nSPS) is 12.3. The number of benzene rings is 1. The molecule has 1 aromatic carbocycles. The largest absolute Gasteiger partial charge is 0.494 e. The molecule has 0 bridgehead atoms. The Bertz CT molecular complexity index is 1370. The maximum Gasteiger partial charge on any atom is 0.216 e. The Kier molecular flexibility index (Phi) is 9.91. The zero-order valence-corrected chi connectivity index (χ0v) is 23.8. The van der Waals surface area contributed by atoms with Crippen molar-refractivity contribution in [3.63, 3.8) is 0 Å². The van der Waals surface area contributed by atoms with Gasteiger partial charge in [0.1, 0.15) is 23.7 Å². The van der Waals surface area contributed by atoms with Crippen molar-refractivity contribution in [1.82, 2.24) is 24.6 Å². The van der Waals surface area contributed by atoms with Crippen LogP contribution in [0.3, 0.4) is 0 Å². The molecule has 3 rings (SSSR count). The summed E-state index contributed by atoms with van der Waals surface area (Å²) < 4.78 is 40.2. The van der Waals surface area contributed by atoms with Gasteiger partial charge in [0.15, 0.2) is 5.82 Å². The first-order chi connectivity index (χ1) is 17.9. The highest BCUT2D eigenvalue weighted by molar-refractivity contribution is 7.88. The van der Waals surface area contributed by atoms with Gasteiger partial charge < -0.3 is 25.1 Å². The van der Waals surface area contributed by atoms with Gasteiger partial charge in [-0.3, -0.25) is 4.79 Å². The van der Waals surface area contributed by atoms with Crippen molar-refractivity contribution in [2.45, 2.75) is 72.1 Å². The first-order valence-corrected chi connectivity index (χ1v) is 14.8. The van der Waals surface area contributed by atoms with Crippen molar-refractivity contribution in [2.24, 2.45) is 0 Å². The van der Waals surface area contributed by atoms with Crippen molar-refractivity contribution in [3.05, 3.63) is 24.0 Å². The molecule has 1 amide bonds. The summed E-state index contributed by atoms with van der Waals surface area (Å²) in [6.45, 7) is 9.43. The lowest BCUT2D eigenvalue weighted by atomic mass is 10.1. The van der Waals surface area contributed by atoms with Crippen LogP contribution in [0, 0.1) is 0 Å². The fourth-order valence-corrected chi connectivity index (χ4v) is 5.53. The van der Waals surface area contributed by atoms with Crippen LogP contribution in [0.2, 0.25) is 0 Å². The number of unbranched alkanes of at least 4 members (excludes halogenated alkanes) is 3. The van der Waals surface area contributed by atoms with E-state index < -0.39 is 15.6 Å². The predicted octanol–water partition coefficient (Wildman–Crippen LogP) is 3.11. The van der Waals surface area contributed by atoms with Crippen LogP contribution >= 0.6 is 0 Å². The summed E-state index contributed by atoms with van der Waals surface area (Å²) in [6, 6.07) is 5.70. The van der Waals surface area contributed by atoms with Gasteiger partial charge in [-0.2, -0.15) is 0 Å². The Balaban J connectivity index is 1.84. The second-order valence-corrected chi connectivity index (χ2v) is 11.9. The number of nitrogens with one attached hydrogen (secondary N) is 2. The van der Waals surface area contributed by atoms with Gasteiger partial charge in [0.25, 0.3) is 0 Å². The molecule has 12 heteroatoms. The summed E-state index contributed by atoms with van der Waals surface area (Å²) in [6.07, 6.45) is 5.04. The average Bonchev–Trinajstić information content (AvgIpc) is 3.15. The lowest BCUT2D eigenvalue weighted by Gasteiger charge is -2.27. The predicted molar refractivity (Wildman–Crippen MR) is 149 cm³/mol. The average molecular weight is 549 g/mol. The fraction of sp³-hybridized carbons (Fsp3) is 0.577. The SMILES string of the molecule is CCOCc1nc2c(N)nc3cc(OCCCCCCNC(C)=O)ccc3c2n1CC(C)(C)NS(C)(=O)=O. The Morgan fingerprint density at radius 1 is 1.16 bits per heavy atom. The summed E-state index contributed by atoms with van der Waals surface area (Å²) in [4.78, 5) is 20.2. The number of fused-ring (bicyclic) bond motifs is 3. The molecule has 210 valence electrons. The molecule has 2 aromatic heterocycles. The number of hydrogen-bond donors (Lipinski definition) is 3. The number of pyridine rings is 1. The number of nitrogens with two attached hydrogens (primary N) is 1. The number of carbonyl (C=O) groups is 1. The Hall–Kier alpha value is -2.96. The topological polar surface area (TPSA) is 150 Å². The lowest BCUT2D eigenvalue weighted by molar-refractivity contribution is -0.118. The van der Waals surface area contributed by atoms with Crippen LogP contribution in [0.15, 0.2) is 18.2 Å². The number of sulfonamides is 1. The van der Waals surface area contributed by atoms with E-state index in [-0.39, 0.29) is 18.3 Å². The molecule has 0 aliphatic carbocycles. The van der Waals surface area contributed by atoms with Crippen LogP contribution in [-0.2, 0) is 32.7 Å². The third kappa shape index (κ3) is 8.27. The number of aromatic nitrogens is 3. The number of amides is 1. The molecule has 0 saturated heterocycles. The minimum Gasteiger partial charge on any atom is -0.494 e. The van der Waals surface area contributed by atoms with E-state index in [9.17, 15) is 13.2 Å². The molecule has 0 radical (unpaired) electrons. The first-order valence-electron chi connectivity index (χ1n) is 12.9. The van der Waals surface area contributed by atoms with Crippen LogP contribution < -0.4 is 20.5 Å². The second kappa shape index (κ2) is 12.7. The number of hydrogen-bond acceptors (Lipinski definition) is 8. The number of carbonyl (C=O) groups excluding carboxylic acids is 1. The third-order valence-electron chi connectivity index (χ3n) is 5.92. The van der Waals surface area contributed by atoms with Crippen molar-refractivity contribution < 1.29 is 22.7 Å². The van der Waals surface area contributed by atoms with Crippen molar-refractivity contribution in [3.8, 4) is 5.75 Å². The molecule has 11 nitrogen and oxygen atoms in total. The van der Waals surface area contributed by atoms with E-state index in [1.54, 1.807) is 0 Å². The Labute approximate surface area is 224 Å². The van der Waals surface area contributed by atoms with Crippen LogP contribution in [0.4, 0.5) is 5.82 Å². The van der Waals surface area contributed by atoms with E-state index in [0.29, 0.717) is 48.9 Å². The zero-order chi connectivity index (χ0) is 27.9. The summed E-state index contributed by atoms with van der Waals surface area (Å²) in [5.41, 5.74) is 7.54.